The minimum Gasteiger partial charge on any atom is -0.345 e. The van der Waals surface area contributed by atoms with Crippen molar-refractivity contribution in [2.75, 3.05) is 0 Å². The van der Waals surface area contributed by atoms with Gasteiger partial charge in [0.25, 0.3) is 0 Å². The molecule has 0 bridgehead atoms. The number of carbonyl (C=O) groups is 1. The van der Waals surface area contributed by atoms with Gasteiger partial charge in [0.15, 0.2) is 6.29 Å². The molecule has 0 N–H and O–H groups in total. The molecule has 1 aromatic heterocycles. The average Bonchev–Trinajstić information content (AvgIpc) is 2.50. The van der Waals surface area contributed by atoms with Crippen molar-refractivity contribution in [2.24, 2.45) is 11.3 Å². The maximum absolute atomic E-state index is 10.6. The summed E-state index contributed by atoms with van der Waals surface area (Å²) in [5.74, 6) is 0.749. The van der Waals surface area contributed by atoms with E-state index in [1.807, 2.05) is 22.9 Å². The van der Waals surface area contributed by atoms with Gasteiger partial charge in [-0.2, -0.15) is 0 Å². The smallest absolute Gasteiger partial charge is 0.166 e. The Hall–Kier alpha value is -1.05. The minimum absolute atomic E-state index is 0.491. The number of rotatable bonds is 3. The van der Waals surface area contributed by atoms with Crippen molar-refractivity contribution in [3.63, 3.8) is 0 Å². The summed E-state index contributed by atoms with van der Waals surface area (Å²) in [6.45, 7) is 5.55. The van der Waals surface area contributed by atoms with Crippen LogP contribution in [-0.4, -0.2) is 10.9 Å². The Morgan fingerprint density at radius 3 is 2.92 bits per heavy atom. The summed E-state index contributed by atoms with van der Waals surface area (Å²) >= 11 is 0. The highest BCUT2D eigenvalue weighted by Crippen LogP contribution is 2.52. The molecule has 70 valence electrons. The number of carbonyl (C=O) groups excluding carboxylic acids is 1. The molecule has 1 aliphatic rings. The molecule has 2 heteroatoms. The van der Waals surface area contributed by atoms with E-state index >= 15 is 0 Å². The lowest BCUT2D eigenvalue weighted by molar-refractivity contribution is 0.111. The van der Waals surface area contributed by atoms with Gasteiger partial charge in [-0.1, -0.05) is 13.8 Å². The summed E-state index contributed by atoms with van der Waals surface area (Å²) in [6, 6.07) is 3.79. The van der Waals surface area contributed by atoms with Gasteiger partial charge in [0, 0.05) is 12.7 Å². The van der Waals surface area contributed by atoms with Crippen LogP contribution >= 0.6 is 0 Å². The first-order valence-electron chi connectivity index (χ1n) is 4.74. The first-order chi connectivity index (χ1) is 6.13. The second-order valence-corrected chi connectivity index (χ2v) is 4.59. The lowest BCUT2D eigenvalue weighted by atomic mass is 10.1. The molecule has 0 saturated heterocycles. The lowest BCUT2D eigenvalue weighted by Gasteiger charge is -2.06. The highest BCUT2D eigenvalue weighted by molar-refractivity contribution is 5.72. The van der Waals surface area contributed by atoms with Crippen molar-refractivity contribution in [3.05, 3.63) is 24.0 Å². The molecule has 0 aromatic carbocycles. The van der Waals surface area contributed by atoms with Gasteiger partial charge in [-0.05, 0) is 29.9 Å². The second-order valence-electron chi connectivity index (χ2n) is 4.59. The van der Waals surface area contributed by atoms with E-state index in [4.69, 9.17) is 0 Å². The molecule has 1 atom stereocenters. The SMILES string of the molecule is CC1(C)CC1Cn1cccc1C=O. The fourth-order valence-corrected chi connectivity index (χ4v) is 1.83. The molecular formula is C11H15NO. The Morgan fingerprint density at radius 2 is 2.38 bits per heavy atom. The Bertz CT molecular complexity index is 325. The van der Waals surface area contributed by atoms with Gasteiger partial charge >= 0.3 is 0 Å². The Balaban J connectivity index is 2.07. The third-order valence-corrected chi connectivity index (χ3v) is 3.12. The first-order valence-corrected chi connectivity index (χ1v) is 4.74. The molecule has 1 heterocycles. The zero-order chi connectivity index (χ0) is 9.47. The highest BCUT2D eigenvalue weighted by Gasteiger charge is 2.45. The lowest BCUT2D eigenvalue weighted by Crippen LogP contribution is -2.05. The molecule has 1 aromatic rings. The molecule has 2 rings (SSSR count). The summed E-state index contributed by atoms with van der Waals surface area (Å²) < 4.78 is 2.05. The van der Waals surface area contributed by atoms with Crippen LogP contribution in [0.25, 0.3) is 0 Å². The van der Waals surface area contributed by atoms with Crippen LogP contribution in [0.3, 0.4) is 0 Å². The van der Waals surface area contributed by atoms with Crippen molar-refractivity contribution >= 4 is 6.29 Å². The molecule has 1 aliphatic carbocycles. The van der Waals surface area contributed by atoms with Gasteiger partial charge in [0.05, 0.1) is 5.69 Å². The number of aromatic nitrogens is 1. The van der Waals surface area contributed by atoms with Crippen LogP contribution in [-0.2, 0) is 6.54 Å². The van der Waals surface area contributed by atoms with Gasteiger partial charge < -0.3 is 4.57 Å². The Labute approximate surface area is 78.6 Å². The molecule has 1 saturated carbocycles. The van der Waals surface area contributed by atoms with Crippen LogP contribution < -0.4 is 0 Å². The molecule has 2 nitrogen and oxygen atoms in total. The largest absolute Gasteiger partial charge is 0.345 e. The van der Waals surface area contributed by atoms with Gasteiger partial charge in [-0.15, -0.1) is 0 Å². The quantitative estimate of drug-likeness (QED) is 0.649. The number of aldehydes is 1. The summed E-state index contributed by atoms with van der Waals surface area (Å²) in [7, 11) is 0. The van der Waals surface area contributed by atoms with Crippen molar-refractivity contribution in [1.82, 2.24) is 4.57 Å². The van der Waals surface area contributed by atoms with E-state index in [0.717, 1.165) is 24.4 Å². The van der Waals surface area contributed by atoms with E-state index in [-0.39, 0.29) is 0 Å². The summed E-state index contributed by atoms with van der Waals surface area (Å²) in [6.07, 6.45) is 4.19. The summed E-state index contributed by atoms with van der Waals surface area (Å²) in [4.78, 5) is 10.6. The molecule has 1 unspecified atom stereocenters. The monoisotopic (exact) mass is 177 g/mol. The number of hydrogen-bond acceptors (Lipinski definition) is 1. The zero-order valence-electron chi connectivity index (χ0n) is 8.16. The highest BCUT2D eigenvalue weighted by atomic mass is 16.1. The van der Waals surface area contributed by atoms with Crippen LogP contribution in [0, 0.1) is 11.3 Å². The van der Waals surface area contributed by atoms with Crippen molar-refractivity contribution in [3.8, 4) is 0 Å². The third kappa shape index (κ3) is 1.53. The minimum atomic E-state index is 0.491. The van der Waals surface area contributed by atoms with Crippen LogP contribution in [0.15, 0.2) is 18.3 Å². The van der Waals surface area contributed by atoms with E-state index in [9.17, 15) is 4.79 Å². The van der Waals surface area contributed by atoms with Gasteiger partial charge in [0.1, 0.15) is 0 Å². The molecule has 0 aliphatic heterocycles. The molecular weight excluding hydrogens is 162 g/mol. The van der Waals surface area contributed by atoms with E-state index in [1.54, 1.807) is 0 Å². The van der Waals surface area contributed by atoms with Crippen LogP contribution in [0.2, 0.25) is 0 Å². The molecule has 0 spiro atoms. The maximum Gasteiger partial charge on any atom is 0.166 e. The predicted octanol–water partition coefficient (Wildman–Crippen LogP) is 2.35. The fourth-order valence-electron chi connectivity index (χ4n) is 1.83. The van der Waals surface area contributed by atoms with Crippen molar-refractivity contribution < 1.29 is 4.79 Å². The molecule has 0 amide bonds. The second kappa shape index (κ2) is 2.72. The van der Waals surface area contributed by atoms with Crippen LogP contribution in [0.5, 0.6) is 0 Å². The summed E-state index contributed by atoms with van der Waals surface area (Å²) in [5, 5.41) is 0. The topological polar surface area (TPSA) is 22.0 Å². The maximum atomic E-state index is 10.6. The molecule has 0 radical (unpaired) electrons. The summed E-state index contributed by atoms with van der Waals surface area (Å²) in [5.41, 5.74) is 1.28. The first kappa shape index (κ1) is 8.54. The standard InChI is InChI=1S/C11H15NO/c1-11(2)6-9(11)7-12-5-3-4-10(12)8-13/h3-5,8-9H,6-7H2,1-2H3. The zero-order valence-corrected chi connectivity index (χ0v) is 8.16. The normalized spacial score (nSPS) is 24.3. The number of hydrogen-bond donors (Lipinski definition) is 0. The van der Waals surface area contributed by atoms with E-state index < -0.39 is 0 Å². The van der Waals surface area contributed by atoms with Gasteiger partial charge in [-0.25, -0.2) is 0 Å². The van der Waals surface area contributed by atoms with Gasteiger partial charge in [0.2, 0.25) is 0 Å². The van der Waals surface area contributed by atoms with Crippen LogP contribution in [0.1, 0.15) is 30.8 Å². The molecule has 13 heavy (non-hydrogen) atoms. The fraction of sp³-hybridized carbons (Fsp3) is 0.545. The van der Waals surface area contributed by atoms with E-state index in [2.05, 4.69) is 13.8 Å². The van der Waals surface area contributed by atoms with Crippen LogP contribution in [0.4, 0.5) is 0 Å². The van der Waals surface area contributed by atoms with E-state index in [0.29, 0.717) is 5.41 Å². The van der Waals surface area contributed by atoms with E-state index in [1.165, 1.54) is 6.42 Å². The average molecular weight is 177 g/mol. The van der Waals surface area contributed by atoms with Gasteiger partial charge in [-0.3, -0.25) is 4.79 Å². The predicted molar refractivity (Wildman–Crippen MR) is 51.7 cm³/mol. The molecule has 1 fully saturated rings. The third-order valence-electron chi connectivity index (χ3n) is 3.12. The Kier molecular flexibility index (Phi) is 1.79. The number of nitrogens with zero attached hydrogens (tertiary/aromatic N) is 1. The van der Waals surface area contributed by atoms with Crippen molar-refractivity contribution in [1.29, 1.82) is 0 Å². The van der Waals surface area contributed by atoms with Crippen molar-refractivity contribution in [2.45, 2.75) is 26.8 Å². The Morgan fingerprint density at radius 1 is 1.69 bits per heavy atom.